The predicted molar refractivity (Wildman–Crippen MR) is 144 cm³/mol. The van der Waals surface area contributed by atoms with Gasteiger partial charge in [-0.1, -0.05) is 42.5 Å². The largest absolute Gasteiger partial charge is 0.508 e. The molecule has 8 heteroatoms. The Bertz CT molecular complexity index is 1600. The van der Waals surface area contributed by atoms with Crippen molar-refractivity contribution in [2.75, 3.05) is 21.0 Å². The summed E-state index contributed by atoms with van der Waals surface area (Å²) in [5.74, 6) is 1.55. The van der Waals surface area contributed by atoms with Crippen LogP contribution in [0.5, 0.6) is 28.7 Å². The third-order valence-electron chi connectivity index (χ3n) is 7.01. The zero-order valence-corrected chi connectivity index (χ0v) is 25.8. The van der Waals surface area contributed by atoms with Crippen molar-refractivity contribution in [2.24, 2.45) is 0 Å². The van der Waals surface area contributed by atoms with Gasteiger partial charge in [0.2, 0.25) is 6.79 Å². The molecule has 1 atom stereocenters. The van der Waals surface area contributed by atoms with E-state index >= 15 is 0 Å². The van der Waals surface area contributed by atoms with Crippen LogP contribution in [0.2, 0.25) is 0 Å². The second-order valence-electron chi connectivity index (χ2n) is 9.23. The van der Waals surface area contributed by atoms with Crippen LogP contribution in [-0.2, 0) is 16.1 Å². The molecule has 7 nitrogen and oxygen atoms in total. The fourth-order valence-corrected chi connectivity index (χ4v) is 5.21. The molecule has 0 fully saturated rings. The van der Waals surface area contributed by atoms with E-state index in [4.69, 9.17) is 23.7 Å². The summed E-state index contributed by atoms with van der Waals surface area (Å²) in [5, 5.41) is 10.5. The molecule has 6 rings (SSSR count). The number of carbonyl (C=O) groups is 1. The zero-order chi connectivity index (χ0) is 26.9. The molecular weight excluding hydrogens is 637 g/mol. The van der Waals surface area contributed by atoms with Crippen molar-refractivity contribution >= 4 is 11.5 Å². The molecule has 0 saturated carbocycles. The standard InChI is InChI=1S/C32H26O7.Pr/c1-35-22-10-12-24(27(16-22)37-17-19-6-4-3-5-7-19)30-25-15-21(33)9-11-23(25)29(31(30)32(34)36-2)20-8-13-26-28(14-20)39-18-38-26;/h3-16,29,33H,17-18H2,1-2H3;. The summed E-state index contributed by atoms with van der Waals surface area (Å²) in [6, 6.07) is 26.1. The average molecular weight is 663 g/mol. The van der Waals surface area contributed by atoms with E-state index in [0.29, 0.717) is 51.9 Å². The number of carbonyl (C=O) groups excluding carboxylic acids is 1. The Hall–Kier alpha value is -3.55. The number of ether oxygens (including phenoxy) is 5. The molecule has 1 heterocycles. The van der Waals surface area contributed by atoms with Gasteiger partial charge in [0.25, 0.3) is 0 Å². The molecule has 0 amide bonds. The van der Waals surface area contributed by atoms with Crippen LogP contribution in [0.25, 0.3) is 5.57 Å². The Morgan fingerprint density at radius 1 is 0.900 bits per heavy atom. The molecule has 1 radical (unpaired) electrons. The van der Waals surface area contributed by atoms with E-state index in [1.54, 1.807) is 25.3 Å². The Labute approximate surface area is 265 Å². The maximum absolute atomic E-state index is 13.5. The topological polar surface area (TPSA) is 83.5 Å². The molecule has 1 aliphatic heterocycles. The van der Waals surface area contributed by atoms with Gasteiger partial charge in [-0.2, -0.15) is 0 Å². The SMILES string of the molecule is COC(=O)C1=C(c2ccc(OC)cc2OCc2ccccc2)c2cc(O)ccc2C1c1ccc2c(c1)OCO2.[Pr]. The van der Waals surface area contributed by atoms with E-state index in [0.717, 1.165) is 16.7 Å². The molecule has 1 aliphatic carbocycles. The minimum absolute atomic E-state index is 0. The van der Waals surface area contributed by atoms with Crippen LogP contribution in [0.3, 0.4) is 0 Å². The summed E-state index contributed by atoms with van der Waals surface area (Å²) in [5.41, 5.74) is 5.15. The molecular formula is C32H26O7Pr. The summed E-state index contributed by atoms with van der Waals surface area (Å²) in [7, 11) is 2.96. The fourth-order valence-electron chi connectivity index (χ4n) is 5.21. The number of fused-ring (bicyclic) bond motifs is 2. The van der Waals surface area contributed by atoms with E-state index in [-0.39, 0.29) is 53.8 Å². The molecule has 2 aliphatic rings. The number of phenols is 1. The van der Waals surface area contributed by atoms with Crippen molar-refractivity contribution in [3.63, 3.8) is 0 Å². The molecule has 1 unspecified atom stereocenters. The van der Waals surface area contributed by atoms with E-state index in [2.05, 4.69) is 0 Å². The van der Waals surface area contributed by atoms with Gasteiger partial charge in [-0.25, -0.2) is 4.79 Å². The Kier molecular flexibility index (Phi) is 8.33. The first-order chi connectivity index (χ1) is 19.1. The quantitative estimate of drug-likeness (QED) is 0.250. The van der Waals surface area contributed by atoms with Gasteiger partial charge in [0.15, 0.2) is 11.5 Å². The van der Waals surface area contributed by atoms with Gasteiger partial charge in [0.05, 0.1) is 19.8 Å². The molecule has 1 N–H and O–H groups in total. The van der Waals surface area contributed by atoms with Gasteiger partial charge >= 0.3 is 5.97 Å². The van der Waals surface area contributed by atoms with Crippen molar-refractivity contribution in [3.05, 3.63) is 118 Å². The van der Waals surface area contributed by atoms with Gasteiger partial charge in [-0.3, -0.25) is 0 Å². The predicted octanol–water partition coefficient (Wildman–Crippen LogP) is 5.83. The van der Waals surface area contributed by atoms with Crippen LogP contribution >= 0.6 is 0 Å². The summed E-state index contributed by atoms with van der Waals surface area (Å²) >= 11 is 0. The van der Waals surface area contributed by atoms with Gasteiger partial charge in [-0.05, 0) is 58.7 Å². The van der Waals surface area contributed by atoms with Gasteiger partial charge in [0.1, 0.15) is 23.9 Å². The van der Waals surface area contributed by atoms with Crippen LogP contribution in [0.4, 0.5) is 0 Å². The normalized spacial score (nSPS) is 14.8. The number of phenolic OH excluding ortho intramolecular Hbond substituents is 1. The first kappa shape index (κ1) is 28.0. The number of rotatable bonds is 7. The van der Waals surface area contributed by atoms with Crippen molar-refractivity contribution < 1.29 is 74.9 Å². The van der Waals surface area contributed by atoms with Crippen LogP contribution in [0.15, 0.2) is 90.5 Å². The molecule has 40 heavy (non-hydrogen) atoms. The minimum atomic E-state index is -0.479. The molecule has 0 saturated heterocycles. The Morgan fingerprint density at radius 2 is 1.70 bits per heavy atom. The maximum Gasteiger partial charge on any atom is 0.335 e. The Balaban J connectivity index is 0.00000323. The number of aromatic hydroxyl groups is 1. The van der Waals surface area contributed by atoms with Crippen molar-refractivity contribution in [3.8, 4) is 28.7 Å². The molecule has 0 aromatic heterocycles. The van der Waals surface area contributed by atoms with E-state index < -0.39 is 11.9 Å². The second kappa shape index (κ2) is 11.9. The first-order valence-corrected chi connectivity index (χ1v) is 12.5. The van der Waals surface area contributed by atoms with Crippen molar-refractivity contribution in [1.82, 2.24) is 0 Å². The summed E-state index contributed by atoms with van der Waals surface area (Å²) in [4.78, 5) is 13.5. The first-order valence-electron chi connectivity index (χ1n) is 12.5. The number of methoxy groups -OCH3 is 2. The van der Waals surface area contributed by atoms with E-state index in [9.17, 15) is 9.90 Å². The number of esters is 1. The summed E-state index contributed by atoms with van der Waals surface area (Å²) in [6.45, 7) is 0.465. The molecule has 0 bridgehead atoms. The maximum atomic E-state index is 13.5. The minimum Gasteiger partial charge on any atom is -0.508 e. The molecule has 4 aromatic rings. The van der Waals surface area contributed by atoms with E-state index in [1.807, 2.05) is 66.7 Å². The van der Waals surface area contributed by atoms with Gasteiger partial charge < -0.3 is 28.8 Å². The average Bonchev–Trinajstić information content (AvgIpc) is 3.58. The number of hydrogen-bond acceptors (Lipinski definition) is 7. The Morgan fingerprint density at radius 3 is 2.48 bits per heavy atom. The van der Waals surface area contributed by atoms with Gasteiger partial charge in [-0.15, -0.1) is 0 Å². The number of benzene rings is 4. The molecule has 0 spiro atoms. The van der Waals surface area contributed by atoms with Crippen LogP contribution < -0.4 is 18.9 Å². The molecule has 199 valence electrons. The fraction of sp³-hybridized carbons (Fsp3) is 0.156. The molecule has 4 aromatic carbocycles. The van der Waals surface area contributed by atoms with Crippen LogP contribution in [0.1, 0.15) is 33.7 Å². The third kappa shape index (κ3) is 5.16. The second-order valence-corrected chi connectivity index (χ2v) is 9.23. The summed E-state index contributed by atoms with van der Waals surface area (Å²) in [6.07, 6.45) is 0. The zero-order valence-electron chi connectivity index (χ0n) is 22.0. The monoisotopic (exact) mass is 663 g/mol. The van der Waals surface area contributed by atoms with E-state index in [1.165, 1.54) is 7.11 Å². The van der Waals surface area contributed by atoms with Crippen molar-refractivity contribution in [2.45, 2.75) is 12.5 Å². The smallest absolute Gasteiger partial charge is 0.335 e. The third-order valence-corrected chi connectivity index (χ3v) is 7.01. The van der Waals surface area contributed by atoms with Crippen LogP contribution in [0, 0.1) is 41.3 Å². The van der Waals surface area contributed by atoms with Crippen molar-refractivity contribution in [1.29, 1.82) is 0 Å². The summed E-state index contributed by atoms with van der Waals surface area (Å²) < 4.78 is 28.3. The number of hydrogen-bond donors (Lipinski definition) is 1. The van der Waals surface area contributed by atoms with Gasteiger partial charge in [0, 0.05) is 64.4 Å². The van der Waals surface area contributed by atoms with Crippen LogP contribution in [-0.4, -0.2) is 32.1 Å².